The minimum atomic E-state index is -4.39. The number of rotatable bonds is 40. The molecule has 0 aliphatic heterocycles. The van der Waals surface area contributed by atoms with E-state index < -0.39 is 32.5 Å². The van der Waals surface area contributed by atoms with Crippen LogP contribution >= 0.6 is 7.82 Å². The lowest BCUT2D eigenvalue weighted by atomic mass is 10.1. The van der Waals surface area contributed by atoms with Crippen LogP contribution in [-0.4, -0.2) is 49.3 Å². The molecule has 0 aromatic carbocycles. The van der Waals surface area contributed by atoms with Gasteiger partial charge in [0.2, 0.25) is 0 Å². The lowest BCUT2D eigenvalue weighted by Gasteiger charge is -2.19. The minimum absolute atomic E-state index is 0.0451. The molecular formula is C45H80NO8P. The average Bonchev–Trinajstić information content (AvgIpc) is 3.17. The zero-order chi connectivity index (χ0) is 40.3. The fourth-order valence-electron chi connectivity index (χ4n) is 5.61. The van der Waals surface area contributed by atoms with Crippen molar-refractivity contribution in [2.45, 2.75) is 187 Å². The molecule has 3 N–H and O–H groups in total. The monoisotopic (exact) mass is 794 g/mol. The lowest BCUT2D eigenvalue weighted by molar-refractivity contribution is -0.161. The van der Waals surface area contributed by atoms with Crippen LogP contribution in [0.2, 0.25) is 0 Å². The van der Waals surface area contributed by atoms with Gasteiger partial charge in [0.05, 0.1) is 13.2 Å². The van der Waals surface area contributed by atoms with Crippen molar-refractivity contribution in [3.63, 3.8) is 0 Å². The first-order valence-electron chi connectivity index (χ1n) is 21.8. The number of carbonyl (C=O) groups is 2. The van der Waals surface area contributed by atoms with Crippen molar-refractivity contribution >= 4 is 19.8 Å². The van der Waals surface area contributed by atoms with E-state index in [2.05, 4.69) is 74.6 Å². The number of allylic oxidation sites excluding steroid dienone is 10. The van der Waals surface area contributed by atoms with Crippen LogP contribution in [-0.2, 0) is 32.7 Å². The van der Waals surface area contributed by atoms with Crippen molar-refractivity contribution in [2.24, 2.45) is 5.73 Å². The maximum Gasteiger partial charge on any atom is 0.472 e. The Morgan fingerprint density at radius 2 is 0.945 bits per heavy atom. The van der Waals surface area contributed by atoms with Crippen LogP contribution in [0.4, 0.5) is 0 Å². The highest BCUT2D eigenvalue weighted by molar-refractivity contribution is 7.47. The molecule has 9 nitrogen and oxygen atoms in total. The Morgan fingerprint density at radius 1 is 0.545 bits per heavy atom. The standard InChI is InChI=1S/C45H80NO8P/c1-3-5-7-9-11-13-15-17-19-20-21-22-24-25-27-29-31-33-35-37-44(47)51-41-43(42-53-55(49,50)52-40-39-46)54-45(48)38-36-34-32-30-28-26-23-18-16-14-12-10-8-6-4-2/h11,13,17-19,21-23,25,27,43H,3-10,12,14-16,20,24,26,28-42,46H2,1-2H3,(H,49,50)/t43-/m1/s1. The number of esters is 2. The normalized spacial score (nSPS) is 13.9. The Bertz CT molecular complexity index is 1090. The Hall–Kier alpha value is -2.29. The number of hydrogen-bond donors (Lipinski definition) is 2. The second-order valence-corrected chi connectivity index (χ2v) is 15.7. The van der Waals surface area contributed by atoms with E-state index in [1.807, 2.05) is 0 Å². The van der Waals surface area contributed by atoms with Crippen LogP contribution in [0.15, 0.2) is 60.8 Å². The molecule has 2 atom stereocenters. The summed E-state index contributed by atoms with van der Waals surface area (Å²) in [5, 5.41) is 0. The van der Waals surface area contributed by atoms with E-state index in [0.29, 0.717) is 12.8 Å². The summed E-state index contributed by atoms with van der Waals surface area (Å²) in [6.07, 6.45) is 48.2. The van der Waals surface area contributed by atoms with Crippen molar-refractivity contribution < 1.29 is 37.6 Å². The number of nitrogens with two attached hydrogens (primary N) is 1. The molecule has 0 heterocycles. The van der Waals surface area contributed by atoms with Gasteiger partial charge in [0.25, 0.3) is 0 Å². The third kappa shape index (κ3) is 41.2. The van der Waals surface area contributed by atoms with Gasteiger partial charge in [-0.3, -0.25) is 18.6 Å². The van der Waals surface area contributed by atoms with Crippen molar-refractivity contribution in [2.75, 3.05) is 26.4 Å². The first kappa shape index (κ1) is 52.7. The van der Waals surface area contributed by atoms with E-state index >= 15 is 0 Å². The van der Waals surface area contributed by atoms with E-state index in [-0.39, 0.29) is 32.6 Å². The van der Waals surface area contributed by atoms with E-state index in [1.54, 1.807) is 0 Å². The molecule has 0 aromatic heterocycles. The molecular weight excluding hydrogens is 713 g/mol. The van der Waals surface area contributed by atoms with E-state index in [9.17, 15) is 19.0 Å². The predicted octanol–water partition coefficient (Wildman–Crippen LogP) is 12.5. The molecule has 0 rings (SSSR count). The van der Waals surface area contributed by atoms with Crippen LogP contribution in [0, 0.1) is 0 Å². The van der Waals surface area contributed by atoms with Gasteiger partial charge < -0.3 is 20.1 Å². The second-order valence-electron chi connectivity index (χ2n) is 14.2. The summed E-state index contributed by atoms with van der Waals surface area (Å²) in [7, 11) is -4.39. The molecule has 1 unspecified atom stereocenters. The highest BCUT2D eigenvalue weighted by Crippen LogP contribution is 2.43. The largest absolute Gasteiger partial charge is 0.472 e. The topological polar surface area (TPSA) is 134 Å². The highest BCUT2D eigenvalue weighted by atomic mass is 31.2. The van der Waals surface area contributed by atoms with Crippen molar-refractivity contribution in [1.82, 2.24) is 0 Å². The summed E-state index contributed by atoms with van der Waals surface area (Å²) in [5.41, 5.74) is 5.34. The predicted molar refractivity (Wildman–Crippen MR) is 229 cm³/mol. The number of ether oxygens (including phenoxy) is 2. The number of hydrogen-bond acceptors (Lipinski definition) is 8. The van der Waals surface area contributed by atoms with Gasteiger partial charge in [-0.05, 0) is 83.5 Å². The summed E-state index contributed by atoms with van der Waals surface area (Å²) in [4.78, 5) is 34.9. The first-order chi connectivity index (χ1) is 26.8. The summed E-state index contributed by atoms with van der Waals surface area (Å²) in [5.74, 6) is -0.877. The van der Waals surface area contributed by atoms with Crippen LogP contribution in [0.3, 0.4) is 0 Å². The minimum Gasteiger partial charge on any atom is -0.462 e. The molecule has 0 amide bonds. The molecule has 0 saturated carbocycles. The van der Waals surface area contributed by atoms with Crippen molar-refractivity contribution in [3.8, 4) is 0 Å². The molecule has 0 aromatic rings. The zero-order valence-electron chi connectivity index (χ0n) is 34.9. The molecule has 55 heavy (non-hydrogen) atoms. The van der Waals surface area contributed by atoms with Gasteiger partial charge >= 0.3 is 19.8 Å². The molecule has 0 aliphatic rings. The van der Waals surface area contributed by atoms with Gasteiger partial charge in [-0.15, -0.1) is 0 Å². The Kier molecular flexibility index (Phi) is 39.6. The number of unbranched alkanes of at least 4 members (excludes halogenated alkanes) is 17. The van der Waals surface area contributed by atoms with Gasteiger partial charge in [0.1, 0.15) is 6.61 Å². The summed E-state index contributed by atoms with van der Waals surface area (Å²) < 4.78 is 32.7. The van der Waals surface area contributed by atoms with E-state index in [1.165, 1.54) is 70.6 Å². The summed E-state index contributed by atoms with van der Waals surface area (Å²) in [6, 6.07) is 0. The number of phosphoric acid groups is 1. The smallest absolute Gasteiger partial charge is 0.462 e. The number of phosphoric ester groups is 1. The van der Waals surface area contributed by atoms with Gasteiger partial charge in [-0.2, -0.15) is 0 Å². The second kappa shape index (κ2) is 41.3. The highest BCUT2D eigenvalue weighted by Gasteiger charge is 2.26. The maximum atomic E-state index is 12.6. The maximum absolute atomic E-state index is 12.6. The molecule has 0 bridgehead atoms. The molecule has 10 heteroatoms. The molecule has 0 radical (unpaired) electrons. The van der Waals surface area contributed by atoms with Gasteiger partial charge in [-0.25, -0.2) is 4.57 Å². The summed E-state index contributed by atoms with van der Waals surface area (Å²) >= 11 is 0. The SMILES string of the molecule is CCCCCC=CCC=CCC=CCC=CCCCCCC(=O)OC[C@H](COP(=O)(O)OCCN)OC(=O)CCCCCCCC=CCCCCCCCC. The number of carbonyl (C=O) groups excluding carboxylic acids is 2. The van der Waals surface area contributed by atoms with Crippen LogP contribution < -0.4 is 5.73 Å². The quantitative estimate of drug-likeness (QED) is 0.0269. The van der Waals surface area contributed by atoms with Crippen molar-refractivity contribution in [3.05, 3.63) is 60.8 Å². The Morgan fingerprint density at radius 3 is 1.47 bits per heavy atom. The third-order valence-electron chi connectivity index (χ3n) is 8.88. The van der Waals surface area contributed by atoms with Gasteiger partial charge in [0, 0.05) is 19.4 Å². The van der Waals surface area contributed by atoms with Crippen LogP contribution in [0.1, 0.15) is 181 Å². The Balaban J connectivity index is 4.24. The molecule has 0 spiro atoms. The van der Waals surface area contributed by atoms with E-state index in [4.69, 9.17) is 24.3 Å². The zero-order valence-corrected chi connectivity index (χ0v) is 35.8. The van der Waals surface area contributed by atoms with E-state index in [0.717, 1.165) is 70.6 Å². The summed E-state index contributed by atoms with van der Waals surface area (Å²) in [6.45, 7) is 3.64. The van der Waals surface area contributed by atoms with Crippen LogP contribution in [0.5, 0.6) is 0 Å². The third-order valence-corrected chi connectivity index (χ3v) is 9.86. The fourth-order valence-corrected chi connectivity index (χ4v) is 6.38. The molecule has 0 saturated heterocycles. The molecule has 0 aliphatic carbocycles. The first-order valence-corrected chi connectivity index (χ1v) is 23.3. The van der Waals surface area contributed by atoms with Crippen LogP contribution in [0.25, 0.3) is 0 Å². The fraction of sp³-hybridized carbons (Fsp3) is 0.733. The van der Waals surface area contributed by atoms with Gasteiger partial charge in [0.15, 0.2) is 6.10 Å². The van der Waals surface area contributed by atoms with Crippen molar-refractivity contribution in [1.29, 1.82) is 0 Å². The molecule has 0 fully saturated rings. The molecule has 318 valence electrons. The average molecular weight is 794 g/mol. The Labute approximate surface area is 336 Å². The lowest BCUT2D eigenvalue weighted by Crippen LogP contribution is -2.29. The van der Waals surface area contributed by atoms with Gasteiger partial charge in [-0.1, -0.05) is 145 Å².